The molecule has 19 heavy (non-hydrogen) atoms. The van der Waals surface area contributed by atoms with Crippen molar-refractivity contribution in [2.24, 2.45) is 0 Å². The van der Waals surface area contributed by atoms with Gasteiger partial charge in [0.05, 0.1) is 5.75 Å². The monoisotopic (exact) mass is 278 g/mol. The van der Waals surface area contributed by atoms with Crippen molar-refractivity contribution >= 4 is 16.6 Å². The van der Waals surface area contributed by atoms with E-state index in [1.807, 2.05) is 32.9 Å². The first-order valence-corrected chi connectivity index (χ1v) is 8.35. The molecule has 0 aromatic heterocycles. The van der Waals surface area contributed by atoms with Crippen molar-refractivity contribution in [3.63, 3.8) is 0 Å². The average Bonchev–Trinajstić information content (AvgIpc) is 2.87. The lowest BCUT2D eigenvalue weighted by molar-refractivity contribution is 0.102. The summed E-state index contributed by atoms with van der Waals surface area (Å²) in [6.07, 6.45) is 4.36. The number of benzene rings is 1. The van der Waals surface area contributed by atoms with E-state index in [9.17, 15) is 9.00 Å². The van der Waals surface area contributed by atoms with E-state index in [0.29, 0.717) is 0 Å². The fourth-order valence-corrected chi connectivity index (χ4v) is 4.25. The second kappa shape index (κ2) is 6.00. The molecule has 1 aliphatic rings. The number of Topliss-reactive ketones (excluding diaryl/α,β-unsaturated/α-hetero) is 1. The molecule has 1 fully saturated rings. The van der Waals surface area contributed by atoms with Gasteiger partial charge >= 0.3 is 0 Å². The molecule has 104 valence electrons. The van der Waals surface area contributed by atoms with Gasteiger partial charge in [-0.15, -0.1) is 0 Å². The fourth-order valence-electron chi connectivity index (χ4n) is 2.74. The summed E-state index contributed by atoms with van der Waals surface area (Å²) >= 11 is 0. The Hall–Kier alpha value is -0.960. The molecule has 0 spiro atoms. The van der Waals surface area contributed by atoms with Crippen molar-refractivity contribution in [1.29, 1.82) is 0 Å². The van der Waals surface area contributed by atoms with Crippen molar-refractivity contribution in [2.45, 2.75) is 51.7 Å². The number of rotatable bonds is 4. The smallest absolute Gasteiger partial charge is 0.175 e. The number of hydrogen-bond donors (Lipinski definition) is 0. The summed E-state index contributed by atoms with van der Waals surface area (Å²) in [4.78, 5) is 12.3. The second-order valence-corrected chi connectivity index (χ2v) is 7.32. The lowest BCUT2D eigenvalue weighted by Gasteiger charge is -2.11. The van der Waals surface area contributed by atoms with E-state index in [0.717, 1.165) is 42.4 Å². The average molecular weight is 278 g/mol. The van der Waals surface area contributed by atoms with E-state index in [-0.39, 0.29) is 16.8 Å². The lowest BCUT2D eigenvalue weighted by Crippen LogP contribution is -2.20. The third-order valence-corrected chi connectivity index (χ3v) is 5.85. The molecule has 2 nitrogen and oxygen atoms in total. The number of carbonyl (C=O) groups is 1. The molecular formula is C16H22O2S. The van der Waals surface area contributed by atoms with Crippen LogP contribution in [-0.2, 0) is 10.8 Å². The van der Waals surface area contributed by atoms with Crippen LogP contribution in [0.1, 0.15) is 52.7 Å². The summed E-state index contributed by atoms with van der Waals surface area (Å²) < 4.78 is 12.2. The Morgan fingerprint density at radius 3 is 2.32 bits per heavy atom. The zero-order valence-electron chi connectivity index (χ0n) is 12.0. The van der Waals surface area contributed by atoms with Gasteiger partial charge in [-0.05, 0) is 56.4 Å². The Balaban J connectivity index is 2.11. The van der Waals surface area contributed by atoms with Crippen LogP contribution in [0.2, 0.25) is 0 Å². The molecule has 1 aliphatic carbocycles. The molecule has 0 bridgehead atoms. The molecule has 0 N–H and O–H groups in total. The molecule has 0 heterocycles. The van der Waals surface area contributed by atoms with E-state index in [1.54, 1.807) is 0 Å². The molecule has 0 saturated heterocycles. The molecule has 1 aromatic carbocycles. The van der Waals surface area contributed by atoms with Gasteiger partial charge in [-0.3, -0.25) is 9.00 Å². The maximum Gasteiger partial charge on any atom is 0.175 e. The third kappa shape index (κ3) is 3.33. The quantitative estimate of drug-likeness (QED) is 0.790. The van der Waals surface area contributed by atoms with E-state index in [2.05, 4.69) is 0 Å². The van der Waals surface area contributed by atoms with Crippen LogP contribution in [0, 0.1) is 20.8 Å². The number of hydrogen-bond acceptors (Lipinski definition) is 2. The Morgan fingerprint density at radius 2 is 1.68 bits per heavy atom. The van der Waals surface area contributed by atoms with E-state index >= 15 is 0 Å². The SMILES string of the molecule is Cc1cc(C)c(C(=O)CS(=O)C2CCCC2)cc1C. The highest BCUT2D eigenvalue weighted by Crippen LogP contribution is 2.24. The second-order valence-electron chi connectivity index (χ2n) is 5.61. The van der Waals surface area contributed by atoms with Crippen molar-refractivity contribution in [2.75, 3.05) is 5.75 Å². The Bertz CT molecular complexity index is 514. The van der Waals surface area contributed by atoms with E-state index in [4.69, 9.17) is 0 Å². The Labute approximate surface area is 118 Å². The zero-order chi connectivity index (χ0) is 14.0. The number of carbonyl (C=O) groups excluding carboxylic acids is 1. The normalized spacial score (nSPS) is 17.6. The summed E-state index contributed by atoms with van der Waals surface area (Å²) in [6.45, 7) is 6.02. The highest BCUT2D eigenvalue weighted by molar-refractivity contribution is 7.86. The van der Waals surface area contributed by atoms with Crippen LogP contribution in [-0.4, -0.2) is 21.0 Å². The van der Waals surface area contributed by atoms with Gasteiger partial charge in [-0.2, -0.15) is 0 Å². The molecule has 3 heteroatoms. The van der Waals surface area contributed by atoms with Crippen LogP contribution >= 0.6 is 0 Å². The maximum atomic E-state index is 12.3. The standard InChI is InChI=1S/C16H22O2S/c1-11-8-13(3)15(9-12(11)2)16(17)10-19(18)14-6-4-5-7-14/h8-9,14H,4-7,10H2,1-3H3. The van der Waals surface area contributed by atoms with Crippen LogP contribution in [0.15, 0.2) is 12.1 Å². The van der Waals surface area contributed by atoms with Crippen molar-refractivity contribution < 1.29 is 9.00 Å². The first-order valence-electron chi connectivity index (χ1n) is 6.97. The van der Waals surface area contributed by atoms with Gasteiger partial charge in [-0.25, -0.2) is 0 Å². The van der Waals surface area contributed by atoms with Gasteiger partial charge in [-0.1, -0.05) is 18.9 Å². The molecule has 0 radical (unpaired) electrons. The predicted octanol–water partition coefficient (Wildman–Crippen LogP) is 3.49. The molecular weight excluding hydrogens is 256 g/mol. The molecule has 1 atom stereocenters. The summed E-state index contributed by atoms with van der Waals surface area (Å²) in [6, 6.07) is 3.99. The number of aryl methyl sites for hydroxylation is 3. The summed E-state index contributed by atoms with van der Waals surface area (Å²) in [7, 11) is -0.996. The summed E-state index contributed by atoms with van der Waals surface area (Å²) in [5.74, 6) is 0.222. The summed E-state index contributed by atoms with van der Waals surface area (Å²) in [5.41, 5.74) is 4.07. The topological polar surface area (TPSA) is 34.1 Å². The molecule has 1 unspecified atom stereocenters. The minimum absolute atomic E-state index is 0.0332. The predicted molar refractivity (Wildman–Crippen MR) is 80.2 cm³/mol. The highest BCUT2D eigenvalue weighted by Gasteiger charge is 2.24. The molecule has 1 aromatic rings. The highest BCUT2D eigenvalue weighted by atomic mass is 32.2. The first-order chi connectivity index (χ1) is 8.99. The van der Waals surface area contributed by atoms with Gasteiger partial charge in [0.15, 0.2) is 5.78 Å². The minimum Gasteiger partial charge on any atom is -0.293 e. The maximum absolute atomic E-state index is 12.3. The van der Waals surface area contributed by atoms with Crippen molar-refractivity contribution in [3.8, 4) is 0 Å². The number of ketones is 1. The fraction of sp³-hybridized carbons (Fsp3) is 0.562. The van der Waals surface area contributed by atoms with Crippen LogP contribution in [0.4, 0.5) is 0 Å². The van der Waals surface area contributed by atoms with Crippen LogP contribution in [0.3, 0.4) is 0 Å². The molecule has 2 rings (SSSR count). The summed E-state index contributed by atoms with van der Waals surface area (Å²) in [5, 5.41) is 0.246. The molecule has 0 amide bonds. The molecule has 0 aliphatic heterocycles. The van der Waals surface area contributed by atoms with Crippen LogP contribution in [0.25, 0.3) is 0 Å². The lowest BCUT2D eigenvalue weighted by atomic mass is 9.99. The first kappa shape index (κ1) is 14.4. The zero-order valence-corrected chi connectivity index (χ0v) is 12.8. The van der Waals surface area contributed by atoms with Gasteiger partial charge in [0, 0.05) is 21.6 Å². The van der Waals surface area contributed by atoms with E-state index < -0.39 is 10.8 Å². The van der Waals surface area contributed by atoms with Gasteiger partial charge < -0.3 is 0 Å². The van der Waals surface area contributed by atoms with Crippen LogP contribution in [0.5, 0.6) is 0 Å². The van der Waals surface area contributed by atoms with Gasteiger partial charge in [0.1, 0.15) is 0 Å². The largest absolute Gasteiger partial charge is 0.293 e. The van der Waals surface area contributed by atoms with Gasteiger partial charge in [0.2, 0.25) is 0 Å². The van der Waals surface area contributed by atoms with Crippen LogP contribution < -0.4 is 0 Å². The Kier molecular flexibility index (Phi) is 4.56. The van der Waals surface area contributed by atoms with Crippen molar-refractivity contribution in [1.82, 2.24) is 0 Å². The minimum atomic E-state index is -0.996. The van der Waals surface area contributed by atoms with E-state index in [1.165, 1.54) is 5.56 Å². The van der Waals surface area contributed by atoms with Crippen molar-refractivity contribution in [3.05, 3.63) is 34.4 Å². The third-order valence-electron chi connectivity index (χ3n) is 4.09. The Morgan fingerprint density at radius 1 is 1.11 bits per heavy atom. The van der Waals surface area contributed by atoms with Gasteiger partial charge in [0.25, 0.3) is 0 Å². The molecule has 1 saturated carbocycles.